The van der Waals surface area contributed by atoms with Crippen LogP contribution in [-0.4, -0.2) is 59.6 Å². The predicted octanol–water partition coefficient (Wildman–Crippen LogP) is 5.75. The molecular formula is C30H31BrF3N3O5S. The number of halogens is 4. The van der Waals surface area contributed by atoms with E-state index >= 15 is 0 Å². The number of benzene rings is 3. The number of sulfone groups is 1. The number of hydrogen-bond donors (Lipinski definition) is 4. The van der Waals surface area contributed by atoms with Crippen LogP contribution in [0.5, 0.6) is 0 Å². The Morgan fingerprint density at radius 1 is 1.02 bits per heavy atom. The van der Waals surface area contributed by atoms with Gasteiger partial charge in [0.1, 0.15) is 17.3 Å². The maximum atomic E-state index is 12.5. The third-order valence-corrected chi connectivity index (χ3v) is 8.61. The van der Waals surface area contributed by atoms with Crippen molar-refractivity contribution in [3.8, 4) is 0 Å². The summed E-state index contributed by atoms with van der Waals surface area (Å²) in [7, 11) is -4.42. The Morgan fingerprint density at radius 3 is 2.47 bits per heavy atom. The number of aromatic nitrogens is 1. The predicted molar refractivity (Wildman–Crippen MR) is 163 cm³/mol. The molecule has 0 spiro atoms. The van der Waals surface area contributed by atoms with Gasteiger partial charge < -0.3 is 25.4 Å². The first-order chi connectivity index (χ1) is 20.2. The lowest BCUT2D eigenvalue weighted by Gasteiger charge is -2.18. The first-order valence-corrected chi connectivity index (χ1v) is 15.9. The van der Waals surface area contributed by atoms with Crippen molar-refractivity contribution in [2.75, 3.05) is 23.5 Å². The second-order valence-corrected chi connectivity index (χ2v) is 13.4. The Bertz CT molecular complexity index is 1710. The summed E-state index contributed by atoms with van der Waals surface area (Å²) in [4.78, 5) is 12.1. The molecule has 0 aliphatic carbocycles. The summed E-state index contributed by atoms with van der Waals surface area (Å²) >= 11 is 3.41. The largest absolute Gasteiger partial charge is 0.477 e. The zero-order chi connectivity index (χ0) is 31.4. The van der Waals surface area contributed by atoms with Gasteiger partial charge >= 0.3 is 12.1 Å². The number of carboxylic acid groups (broad SMARTS) is 1. The Labute approximate surface area is 255 Å². The molecule has 0 saturated carbocycles. The normalized spacial score (nSPS) is 13.6. The molecule has 4 rings (SSSR count). The van der Waals surface area contributed by atoms with E-state index in [1.54, 1.807) is 28.8 Å². The van der Waals surface area contributed by atoms with Crippen molar-refractivity contribution in [2.24, 2.45) is 0 Å². The summed E-state index contributed by atoms with van der Waals surface area (Å²) in [6.07, 6.45) is -4.87. The zero-order valence-corrected chi connectivity index (χ0v) is 25.5. The summed E-state index contributed by atoms with van der Waals surface area (Å²) in [5.74, 6) is -3.93. The van der Waals surface area contributed by atoms with Crippen molar-refractivity contribution in [1.82, 2.24) is 9.88 Å². The molecule has 13 heteroatoms. The quantitative estimate of drug-likeness (QED) is 0.142. The van der Waals surface area contributed by atoms with Gasteiger partial charge in [-0.3, -0.25) is 0 Å². The first kappa shape index (κ1) is 32.5. The molecule has 1 heterocycles. The molecule has 2 atom stereocenters. The number of nitrogens with zero attached hydrogens (tertiary/aromatic N) is 1. The van der Waals surface area contributed by atoms with Gasteiger partial charge in [-0.25, -0.2) is 13.2 Å². The van der Waals surface area contributed by atoms with Crippen LogP contribution < -0.4 is 10.6 Å². The standard InChI is InChI=1S/C30H31BrF3N3O5S/c1-19(35-15-28(38)22-5-3-6-24(31)13-22)10-20-8-9-26-23(11-20)14-27(29(39)40)37(26)16-21-4-2-7-25(12-21)36-18-43(41,42)17-30(32,33)34/h2-9,11-14,19,28,35-36,38H,10,15-18H2,1H3,(H,39,40). The maximum absolute atomic E-state index is 12.5. The van der Waals surface area contributed by atoms with Crippen molar-refractivity contribution in [2.45, 2.75) is 38.2 Å². The van der Waals surface area contributed by atoms with Gasteiger partial charge in [-0.1, -0.05) is 46.3 Å². The molecule has 2 unspecified atom stereocenters. The lowest BCUT2D eigenvalue weighted by Crippen LogP contribution is -2.32. The van der Waals surface area contributed by atoms with E-state index in [-0.39, 0.29) is 18.3 Å². The summed E-state index contributed by atoms with van der Waals surface area (Å²) < 4.78 is 63.7. The average Bonchev–Trinajstić information content (AvgIpc) is 3.27. The van der Waals surface area contributed by atoms with Crippen LogP contribution in [-0.2, 0) is 22.8 Å². The van der Waals surface area contributed by atoms with Crippen molar-refractivity contribution < 1.29 is 36.6 Å². The number of carbonyl (C=O) groups is 1. The Kier molecular flexibility index (Phi) is 10.2. The van der Waals surface area contributed by atoms with Crippen LogP contribution in [0.3, 0.4) is 0 Å². The van der Waals surface area contributed by atoms with Crippen molar-refractivity contribution in [1.29, 1.82) is 0 Å². The monoisotopic (exact) mass is 681 g/mol. The minimum Gasteiger partial charge on any atom is -0.477 e. The van der Waals surface area contributed by atoms with Gasteiger partial charge in [0.15, 0.2) is 9.84 Å². The van der Waals surface area contributed by atoms with E-state index in [0.29, 0.717) is 29.7 Å². The lowest BCUT2D eigenvalue weighted by molar-refractivity contribution is -0.106. The zero-order valence-electron chi connectivity index (χ0n) is 23.1. The minimum absolute atomic E-state index is 0.0236. The van der Waals surface area contributed by atoms with Crippen LogP contribution in [0, 0.1) is 0 Å². The molecule has 4 aromatic rings. The smallest absolute Gasteiger partial charge is 0.402 e. The number of nitrogens with one attached hydrogen (secondary N) is 2. The van der Waals surface area contributed by atoms with Gasteiger partial charge in [-0.05, 0) is 72.5 Å². The molecule has 1 aromatic heterocycles. The minimum atomic E-state index is -4.83. The molecule has 0 bridgehead atoms. The molecule has 43 heavy (non-hydrogen) atoms. The van der Waals surface area contributed by atoms with Gasteiger partial charge in [0.2, 0.25) is 0 Å². The first-order valence-electron chi connectivity index (χ1n) is 13.3. The van der Waals surface area contributed by atoms with Crippen molar-refractivity contribution in [3.05, 3.63) is 99.7 Å². The van der Waals surface area contributed by atoms with E-state index in [4.69, 9.17) is 0 Å². The summed E-state index contributed by atoms with van der Waals surface area (Å²) in [6, 6.07) is 21.2. The number of alkyl halides is 3. The highest BCUT2D eigenvalue weighted by Gasteiger charge is 2.34. The molecule has 230 valence electrons. The summed E-state index contributed by atoms with van der Waals surface area (Å²) in [5, 5.41) is 27.0. The molecule has 0 saturated heterocycles. The molecule has 3 aromatic carbocycles. The number of aliphatic hydroxyl groups excluding tert-OH is 1. The average molecular weight is 683 g/mol. The third-order valence-electron chi connectivity index (χ3n) is 6.77. The second-order valence-electron chi connectivity index (χ2n) is 10.4. The molecule has 4 N–H and O–H groups in total. The van der Waals surface area contributed by atoms with Gasteiger partial charge in [-0.2, -0.15) is 13.2 Å². The SMILES string of the molecule is CC(Cc1ccc2c(c1)cc(C(=O)O)n2Cc1cccc(NCS(=O)(=O)CC(F)(F)F)c1)NCC(O)c1cccc(Br)c1. The molecule has 0 amide bonds. The number of aromatic carboxylic acids is 1. The number of aliphatic hydroxyl groups is 1. The van der Waals surface area contributed by atoms with Gasteiger partial charge in [0, 0.05) is 40.2 Å². The Morgan fingerprint density at radius 2 is 1.77 bits per heavy atom. The highest BCUT2D eigenvalue weighted by Crippen LogP contribution is 2.25. The molecular weight excluding hydrogens is 651 g/mol. The molecule has 0 aliphatic heterocycles. The molecule has 8 nitrogen and oxygen atoms in total. The van der Waals surface area contributed by atoms with Crippen LogP contribution in [0.4, 0.5) is 18.9 Å². The molecule has 0 fully saturated rings. The van der Waals surface area contributed by atoms with E-state index in [2.05, 4.69) is 26.6 Å². The van der Waals surface area contributed by atoms with E-state index < -0.39 is 39.7 Å². The fraction of sp³-hybridized carbons (Fsp3) is 0.300. The Balaban J connectivity index is 1.45. The van der Waals surface area contributed by atoms with Gasteiger partial charge in [0.05, 0.1) is 6.10 Å². The number of hydrogen-bond acceptors (Lipinski definition) is 6. The summed E-state index contributed by atoms with van der Waals surface area (Å²) in [6.45, 7) is 2.50. The number of rotatable bonds is 13. The van der Waals surface area contributed by atoms with E-state index in [0.717, 1.165) is 21.0 Å². The molecule has 0 aliphatic rings. The fourth-order valence-electron chi connectivity index (χ4n) is 4.82. The molecule has 0 radical (unpaired) electrons. The second kappa shape index (κ2) is 13.5. The highest BCUT2D eigenvalue weighted by atomic mass is 79.9. The summed E-state index contributed by atoms with van der Waals surface area (Å²) in [5.41, 5.74) is 3.43. The number of anilines is 1. The van der Waals surface area contributed by atoms with Crippen LogP contribution in [0.25, 0.3) is 10.9 Å². The van der Waals surface area contributed by atoms with E-state index in [1.165, 1.54) is 6.07 Å². The van der Waals surface area contributed by atoms with Crippen LogP contribution in [0.2, 0.25) is 0 Å². The maximum Gasteiger partial charge on any atom is 0.402 e. The van der Waals surface area contributed by atoms with Crippen LogP contribution in [0.15, 0.2) is 77.3 Å². The van der Waals surface area contributed by atoms with Crippen molar-refractivity contribution >= 4 is 48.3 Å². The van der Waals surface area contributed by atoms with E-state index in [1.807, 2.05) is 49.4 Å². The number of fused-ring (bicyclic) bond motifs is 1. The third kappa shape index (κ3) is 9.30. The van der Waals surface area contributed by atoms with Gasteiger partial charge in [-0.15, -0.1) is 0 Å². The fourth-order valence-corrected chi connectivity index (χ4v) is 6.23. The lowest BCUT2D eigenvalue weighted by atomic mass is 10.0. The van der Waals surface area contributed by atoms with Gasteiger partial charge in [0.25, 0.3) is 0 Å². The Hall–Kier alpha value is -3.39. The van der Waals surface area contributed by atoms with Crippen molar-refractivity contribution in [3.63, 3.8) is 0 Å². The number of carboxylic acids is 1. The van der Waals surface area contributed by atoms with E-state index in [9.17, 15) is 36.6 Å². The van der Waals surface area contributed by atoms with Crippen LogP contribution >= 0.6 is 15.9 Å². The van der Waals surface area contributed by atoms with Crippen LogP contribution in [0.1, 0.15) is 40.2 Å². The highest BCUT2D eigenvalue weighted by molar-refractivity contribution is 9.10. The topological polar surface area (TPSA) is 121 Å².